The van der Waals surface area contributed by atoms with E-state index in [0.29, 0.717) is 24.0 Å². The molecule has 5 nitrogen and oxygen atoms in total. The van der Waals surface area contributed by atoms with E-state index in [0.717, 1.165) is 53.5 Å². The van der Waals surface area contributed by atoms with Gasteiger partial charge in [0.1, 0.15) is 17.2 Å². The van der Waals surface area contributed by atoms with Gasteiger partial charge < -0.3 is 14.4 Å². The summed E-state index contributed by atoms with van der Waals surface area (Å²) >= 11 is 5.69. The average Bonchev–Trinajstić information content (AvgIpc) is 2.99. The number of fused-ring (bicyclic) bond motifs is 1. The molecule has 0 spiro atoms. The summed E-state index contributed by atoms with van der Waals surface area (Å²) in [4.78, 5) is 17.1. The van der Waals surface area contributed by atoms with Crippen LogP contribution in [0.1, 0.15) is 51.5 Å². The third-order valence-electron chi connectivity index (χ3n) is 6.12. The summed E-state index contributed by atoms with van der Waals surface area (Å²) in [5.41, 5.74) is 1.47. The molecule has 2 aliphatic rings. The second kappa shape index (κ2) is 9.27. The van der Waals surface area contributed by atoms with Crippen LogP contribution >= 0.6 is 12.2 Å². The minimum atomic E-state index is -0.0141. The van der Waals surface area contributed by atoms with E-state index in [1.54, 1.807) is 0 Å². The molecule has 1 heterocycles. The smallest absolute Gasteiger partial charge is 0.277 e. The first-order valence-electron chi connectivity index (χ1n) is 11.2. The molecule has 2 fully saturated rings. The molecule has 0 N–H and O–H groups in total. The van der Waals surface area contributed by atoms with Crippen LogP contribution in [0, 0.1) is 0 Å². The quantitative estimate of drug-likeness (QED) is 0.448. The summed E-state index contributed by atoms with van der Waals surface area (Å²) in [6.07, 6.45) is 7.50. The topological polar surface area (TPSA) is 42.0 Å². The van der Waals surface area contributed by atoms with Crippen molar-refractivity contribution in [3.8, 4) is 11.5 Å². The minimum Gasteiger partial charge on any atom is -0.494 e. The lowest BCUT2D eigenvalue weighted by atomic mass is 9.94. The highest BCUT2D eigenvalue weighted by atomic mass is 32.1. The third-order valence-corrected chi connectivity index (χ3v) is 6.59. The van der Waals surface area contributed by atoms with Crippen molar-refractivity contribution in [3.63, 3.8) is 0 Å². The zero-order valence-electron chi connectivity index (χ0n) is 18.5. The molecule has 0 unspecified atom stereocenters. The number of thiocarbonyl (C=S) groups is 1. The summed E-state index contributed by atoms with van der Waals surface area (Å²) in [7, 11) is 1.88. The van der Waals surface area contributed by atoms with Crippen LogP contribution in [0.25, 0.3) is 16.8 Å². The predicted molar refractivity (Wildman–Crippen MR) is 128 cm³/mol. The Morgan fingerprint density at radius 1 is 1.06 bits per heavy atom. The van der Waals surface area contributed by atoms with Gasteiger partial charge in [0.15, 0.2) is 5.11 Å². The molecule has 0 radical (unpaired) electrons. The Hall–Kier alpha value is -2.60. The highest BCUT2D eigenvalue weighted by Crippen LogP contribution is 2.36. The average molecular weight is 439 g/mol. The maximum Gasteiger partial charge on any atom is 0.277 e. The molecule has 6 heteroatoms. The lowest BCUT2D eigenvalue weighted by molar-refractivity contribution is -0.124. The van der Waals surface area contributed by atoms with Gasteiger partial charge in [0.05, 0.1) is 13.2 Å². The van der Waals surface area contributed by atoms with Crippen LogP contribution in [-0.4, -0.2) is 47.1 Å². The Bertz CT molecular complexity index is 1020. The van der Waals surface area contributed by atoms with Crippen molar-refractivity contribution in [2.24, 2.45) is 0 Å². The summed E-state index contributed by atoms with van der Waals surface area (Å²) in [5.74, 6) is 1.54. The Balaban J connectivity index is 1.81. The maximum atomic E-state index is 13.5. The first-order valence-corrected chi connectivity index (χ1v) is 11.6. The van der Waals surface area contributed by atoms with Crippen molar-refractivity contribution in [1.82, 2.24) is 9.80 Å². The van der Waals surface area contributed by atoms with Gasteiger partial charge in [-0.25, -0.2) is 0 Å². The van der Waals surface area contributed by atoms with E-state index in [1.807, 2.05) is 67.1 Å². The number of hydrogen-bond donors (Lipinski definition) is 0. The second-order valence-electron chi connectivity index (χ2n) is 8.06. The van der Waals surface area contributed by atoms with E-state index in [2.05, 4.69) is 0 Å². The number of likely N-dealkylation sites (N-methyl/N-ethyl adjacent to an activating group) is 1. The van der Waals surface area contributed by atoms with Crippen LogP contribution in [-0.2, 0) is 4.79 Å². The number of benzene rings is 2. The van der Waals surface area contributed by atoms with Crippen LogP contribution in [0.15, 0.2) is 36.0 Å². The number of hydrogen-bond acceptors (Lipinski definition) is 4. The number of carbonyl (C=O) groups excluding carboxylic acids is 1. The zero-order valence-corrected chi connectivity index (χ0v) is 19.3. The largest absolute Gasteiger partial charge is 0.494 e. The van der Waals surface area contributed by atoms with Crippen LogP contribution in [0.5, 0.6) is 11.5 Å². The van der Waals surface area contributed by atoms with Crippen molar-refractivity contribution >= 4 is 40.1 Å². The molecule has 1 aliphatic carbocycles. The van der Waals surface area contributed by atoms with E-state index in [4.69, 9.17) is 21.7 Å². The van der Waals surface area contributed by atoms with Crippen molar-refractivity contribution in [1.29, 1.82) is 0 Å². The van der Waals surface area contributed by atoms with E-state index in [-0.39, 0.29) is 11.9 Å². The molecular weight excluding hydrogens is 408 g/mol. The van der Waals surface area contributed by atoms with Gasteiger partial charge in [-0.3, -0.25) is 9.69 Å². The number of amides is 1. The molecule has 1 saturated carbocycles. The van der Waals surface area contributed by atoms with Crippen LogP contribution in [0.4, 0.5) is 0 Å². The predicted octanol–water partition coefficient (Wildman–Crippen LogP) is 5.37. The second-order valence-corrected chi connectivity index (χ2v) is 8.43. The van der Waals surface area contributed by atoms with Crippen molar-refractivity contribution < 1.29 is 14.3 Å². The van der Waals surface area contributed by atoms with Gasteiger partial charge in [0.2, 0.25) is 0 Å². The fourth-order valence-electron chi connectivity index (χ4n) is 4.56. The number of ether oxygens (including phenoxy) is 2. The molecular formula is C25H30N2O3S. The molecule has 2 aromatic rings. The summed E-state index contributed by atoms with van der Waals surface area (Å²) in [6, 6.07) is 10.2. The standard InChI is InChI=1S/C25H30N2O3S/c1-4-29-19-13-11-17-12-14-23(30-5-2)21(20(17)15-19)16-22-24(28)27(25(31)26(22)3)18-9-7-6-8-10-18/h11-16,18H,4-10H2,1-3H3/b22-16-. The van der Waals surface area contributed by atoms with Gasteiger partial charge >= 0.3 is 0 Å². The van der Waals surface area contributed by atoms with Crippen molar-refractivity contribution in [2.45, 2.75) is 52.0 Å². The van der Waals surface area contributed by atoms with Crippen LogP contribution in [0.3, 0.4) is 0 Å². The maximum absolute atomic E-state index is 13.5. The highest BCUT2D eigenvalue weighted by Gasteiger charge is 2.40. The fourth-order valence-corrected chi connectivity index (χ4v) is 4.89. The van der Waals surface area contributed by atoms with Crippen LogP contribution in [0.2, 0.25) is 0 Å². The Kier molecular flexibility index (Phi) is 6.46. The normalized spacial score (nSPS) is 19.0. The molecule has 1 aliphatic heterocycles. The third kappa shape index (κ3) is 4.13. The van der Waals surface area contributed by atoms with Gasteiger partial charge in [-0.2, -0.15) is 0 Å². The van der Waals surface area contributed by atoms with Crippen LogP contribution < -0.4 is 9.47 Å². The van der Waals surface area contributed by atoms with Crippen molar-refractivity contribution in [2.75, 3.05) is 20.3 Å². The summed E-state index contributed by atoms with van der Waals surface area (Å²) < 4.78 is 11.7. The summed E-state index contributed by atoms with van der Waals surface area (Å²) in [6.45, 7) is 5.07. The molecule has 0 bridgehead atoms. The zero-order chi connectivity index (χ0) is 22.0. The van der Waals surface area contributed by atoms with E-state index >= 15 is 0 Å². The van der Waals surface area contributed by atoms with Gasteiger partial charge in [-0.05, 0) is 74.0 Å². The van der Waals surface area contributed by atoms with E-state index in [9.17, 15) is 4.79 Å². The Morgan fingerprint density at radius 3 is 2.48 bits per heavy atom. The molecule has 4 rings (SSSR count). The molecule has 0 aromatic heterocycles. The Labute approximate surface area is 189 Å². The fraction of sp³-hybridized carbons (Fsp3) is 0.440. The molecule has 31 heavy (non-hydrogen) atoms. The first-order chi connectivity index (χ1) is 15.0. The van der Waals surface area contributed by atoms with Crippen molar-refractivity contribution in [3.05, 3.63) is 41.6 Å². The molecule has 2 aromatic carbocycles. The van der Waals surface area contributed by atoms with E-state index in [1.165, 1.54) is 6.42 Å². The summed E-state index contributed by atoms with van der Waals surface area (Å²) in [5, 5.41) is 2.66. The van der Waals surface area contributed by atoms with Gasteiger partial charge in [0.25, 0.3) is 5.91 Å². The molecule has 0 atom stereocenters. The van der Waals surface area contributed by atoms with E-state index < -0.39 is 0 Å². The lowest BCUT2D eigenvalue weighted by Gasteiger charge is -2.30. The minimum absolute atomic E-state index is 0.0141. The monoisotopic (exact) mass is 438 g/mol. The molecule has 164 valence electrons. The number of nitrogens with zero attached hydrogens (tertiary/aromatic N) is 2. The first kappa shape index (κ1) is 21.6. The van der Waals surface area contributed by atoms with Gasteiger partial charge in [0, 0.05) is 18.7 Å². The molecule has 1 saturated heterocycles. The number of rotatable bonds is 6. The number of carbonyl (C=O) groups is 1. The Morgan fingerprint density at radius 2 is 1.77 bits per heavy atom. The van der Waals surface area contributed by atoms with Gasteiger partial charge in [-0.15, -0.1) is 0 Å². The van der Waals surface area contributed by atoms with Gasteiger partial charge in [-0.1, -0.05) is 31.4 Å². The lowest BCUT2D eigenvalue weighted by Crippen LogP contribution is -2.41. The highest BCUT2D eigenvalue weighted by molar-refractivity contribution is 7.80. The molecule has 1 amide bonds. The SMILES string of the molecule is CCOc1ccc2ccc(OCC)c(/C=C3/C(=O)N(C4CCCCC4)C(=S)N3C)c2c1.